The maximum atomic E-state index is 12.9. The number of hydrogen-bond donors (Lipinski definition) is 1. The van der Waals surface area contributed by atoms with Crippen molar-refractivity contribution in [1.82, 2.24) is 19.9 Å². The first-order chi connectivity index (χ1) is 11.1. The van der Waals surface area contributed by atoms with Crippen molar-refractivity contribution in [2.75, 3.05) is 19.6 Å². The quantitative estimate of drug-likeness (QED) is 0.897. The summed E-state index contributed by atoms with van der Waals surface area (Å²) in [5.74, 6) is 1.07. The Bertz CT molecular complexity index is 587. The van der Waals surface area contributed by atoms with E-state index in [0.29, 0.717) is 37.8 Å². The molecule has 2 N–H and O–H groups in total. The van der Waals surface area contributed by atoms with Crippen LogP contribution < -0.4 is 5.73 Å². The zero-order chi connectivity index (χ0) is 16.4. The molecular weight excluding hydrogens is 298 g/mol. The first-order valence-corrected chi connectivity index (χ1v) is 8.27. The molecule has 2 atom stereocenters. The highest BCUT2D eigenvalue weighted by Crippen LogP contribution is 2.33. The highest BCUT2D eigenvalue weighted by molar-refractivity contribution is 5.81. The van der Waals surface area contributed by atoms with Crippen LogP contribution >= 0.6 is 0 Å². The Labute approximate surface area is 135 Å². The van der Waals surface area contributed by atoms with Crippen LogP contribution in [0.25, 0.3) is 0 Å². The van der Waals surface area contributed by atoms with Crippen LogP contribution in [0.4, 0.5) is 4.79 Å². The number of piperidine rings is 1. The van der Waals surface area contributed by atoms with Crippen LogP contribution in [0.1, 0.15) is 50.4 Å². The van der Waals surface area contributed by atoms with Crippen molar-refractivity contribution < 1.29 is 14.1 Å². The van der Waals surface area contributed by atoms with Crippen LogP contribution in [0.15, 0.2) is 4.52 Å². The zero-order valence-electron chi connectivity index (χ0n) is 13.4. The topological polar surface area (TPSA) is 106 Å². The predicted molar refractivity (Wildman–Crippen MR) is 81.2 cm³/mol. The molecule has 2 fully saturated rings. The Morgan fingerprint density at radius 3 is 2.78 bits per heavy atom. The van der Waals surface area contributed by atoms with Gasteiger partial charge in [0.25, 0.3) is 0 Å². The lowest BCUT2D eigenvalue weighted by atomic mass is 9.96. The number of urea groups is 1. The summed E-state index contributed by atoms with van der Waals surface area (Å²) in [6, 6.07) is -0.568. The van der Waals surface area contributed by atoms with E-state index in [9.17, 15) is 9.59 Å². The summed E-state index contributed by atoms with van der Waals surface area (Å²) in [5.41, 5.74) is 5.35. The van der Waals surface area contributed by atoms with Gasteiger partial charge in [-0.15, -0.1) is 0 Å². The zero-order valence-corrected chi connectivity index (χ0v) is 13.4. The molecule has 0 spiro atoms. The number of hydrogen-bond acceptors (Lipinski definition) is 5. The number of nitrogens with two attached hydrogens (primary N) is 1. The van der Waals surface area contributed by atoms with Crippen molar-refractivity contribution in [2.45, 2.75) is 45.1 Å². The van der Waals surface area contributed by atoms with Gasteiger partial charge in [0.05, 0.1) is 12.0 Å². The molecule has 8 nitrogen and oxygen atoms in total. The van der Waals surface area contributed by atoms with Crippen molar-refractivity contribution in [2.24, 2.45) is 11.7 Å². The van der Waals surface area contributed by atoms with Gasteiger partial charge in [-0.3, -0.25) is 4.79 Å². The lowest BCUT2D eigenvalue weighted by Gasteiger charge is -2.34. The number of nitrogens with zero attached hydrogens (tertiary/aromatic N) is 4. The summed E-state index contributed by atoms with van der Waals surface area (Å²) in [7, 11) is 0. The fourth-order valence-electron chi connectivity index (χ4n) is 3.46. The average molecular weight is 321 g/mol. The van der Waals surface area contributed by atoms with Gasteiger partial charge in [0.2, 0.25) is 11.8 Å². The molecule has 3 amide bonds. The molecule has 23 heavy (non-hydrogen) atoms. The van der Waals surface area contributed by atoms with Crippen LogP contribution in [0.2, 0.25) is 0 Å². The van der Waals surface area contributed by atoms with Crippen LogP contribution in [0.5, 0.6) is 0 Å². The fourth-order valence-corrected chi connectivity index (χ4v) is 3.46. The normalized spacial score (nSPS) is 24.9. The van der Waals surface area contributed by atoms with Gasteiger partial charge in [0.15, 0.2) is 5.82 Å². The molecule has 8 heteroatoms. The van der Waals surface area contributed by atoms with Gasteiger partial charge in [0, 0.05) is 26.1 Å². The third kappa shape index (κ3) is 3.16. The van der Waals surface area contributed by atoms with E-state index in [1.54, 1.807) is 4.90 Å². The van der Waals surface area contributed by atoms with Crippen molar-refractivity contribution in [1.29, 1.82) is 0 Å². The van der Waals surface area contributed by atoms with E-state index >= 15 is 0 Å². The second-order valence-electron chi connectivity index (χ2n) is 6.21. The Balaban J connectivity index is 1.71. The number of carbonyl (C=O) groups excluding carboxylic acids is 2. The summed E-state index contributed by atoms with van der Waals surface area (Å²) >= 11 is 0. The second-order valence-corrected chi connectivity index (χ2v) is 6.21. The molecule has 126 valence electrons. The molecule has 0 aliphatic carbocycles. The van der Waals surface area contributed by atoms with Gasteiger partial charge in [-0.05, 0) is 25.7 Å². The van der Waals surface area contributed by atoms with Gasteiger partial charge in [0.1, 0.15) is 0 Å². The smallest absolute Gasteiger partial charge is 0.314 e. The Morgan fingerprint density at radius 2 is 2.09 bits per heavy atom. The maximum Gasteiger partial charge on any atom is 0.314 e. The molecule has 0 saturated carbocycles. The van der Waals surface area contributed by atoms with Crippen LogP contribution in [0.3, 0.4) is 0 Å². The van der Waals surface area contributed by atoms with E-state index in [1.165, 1.54) is 0 Å². The minimum Gasteiger partial charge on any atom is -0.351 e. The summed E-state index contributed by atoms with van der Waals surface area (Å²) in [6.45, 7) is 3.69. The molecule has 0 unspecified atom stereocenters. The highest BCUT2D eigenvalue weighted by Gasteiger charge is 2.38. The monoisotopic (exact) mass is 321 g/mol. The molecule has 2 aliphatic heterocycles. The Hall–Kier alpha value is -2.12. The van der Waals surface area contributed by atoms with E-state index in [2.05, 4.69) is 10.1 Å². The largest absolute Gasteiger partial charge is 0.351 e. The first kappa shape index (κ1) is 15.8. The van der Waals surface area contributed by atoms with Crippen LogP contribution in [0, 0.1) is 5.92 Å². The summed E-state index contributed by atoms with van der Waals surface area (Å²) < 4.78 is 5.18. The summed E-state index contributed by atoms with van der Waals surface area (Å²) in [6.07, 6.45) is 4.06. The average Bonchev–Trinajstić information content (AvgIpc) is 3.22. The molecule has 3 rings (SSSR count). The van der Waals surface area contributed by atoms with Crippen LogP contribution in [-0.4, -0.2) is 51.5 Å². The predicted octanol–water partition coefficient (Wildman–Crippen LogP) is 1.09. The molecular formula is C15H23N5O3. The number of carbonyl (C=O) groups is 2. The van der Waals surface area contributed by atoms with E-state index in [0.717, 1.165) is 25.7 Å². The van der Waals surface area contributed by atoms with Gasteiger partial charge in [-0.2, -0.15) is 4.98 Å². The third-order valence-electron chi connectivity index (χ3n) is 4.70. The molecule has 3 heterocycles. The molecule has 0 bridgehead atoms. The highest BCUT2D eigenvalue weighted by atomic mass is 16.5. The van der Waals surface area contributed by atoms with Crippen molar-refractivity contribution >= 4 is 11.9 Å². The minimum absolute atomic E-state index is 0.0706. The molecule has 0 radical (unpaired) electrons. The van der Waals surface area contributed by atoms with Gasteiger partial charge in [-0.1, -0.05) is 12.1 Å². The van der Waals surface area contributed by atoms with Gasteiger partial charge < -0.3 is 20.1 Å². The van der Waals surface area contributed by atoms with Crippen LogP contribution in [-0.2, 0) is 11.2 Å². The Morgan fingerprint density at radius 1 is 1.30 bits per heavy atom. The fraction of sp³-hybridized carbons (Fsp3) is 0.733. The molecule has 2 saturated heterocycles. The van der Waals surface area contributed by atoms with Crippen molar-refractivity contribution in [3.63, 3.8) is 0 Å². The molecule has 0 aromatic carbocycles. The van der Waals surface area contributed by atoms with Gasteiger partial charge in [-0.25, -0.2) is 4.79 Å². The molecule has 2 aliphatic rings. The Kier molecular flexibility index (Phi) is 4.49. The number of amides is 3. The number of rotatable bonds is 3. The number of likely N-dealkylation sites (tertiary alicyclic amines) is 2. The summed E-state index contributed by atoms with van der Waals surface area (Å²) in [5, 5.41) is 4.03. The van der Waals surface area contributed by atoms with Gasteiger partial charge >= 0.3 is 6.03 Å². The lowest BCUT2D eigenvalue weighted by molar-refractivity contribution is -0.138. The van der Waals surface area contributed by atoms with E-state index in [4.69, 9.17) is 10.3 Å². The first-order valence-electron chi connectivity index (χ1n) is 8.27. The van der Waals surface area contributed by atoms with Crippen molar-refractivity contribution in [3.05, 3.63) is 11.7 Å². The SMILES string of the molecule is CCc1nc([C@H]2CCCN2C(=O)[C@H]2CCCN(C(N)=O)C2)no1. The number of aromatic nitrogens is 2. The van der Waals surface area contributed by atoms with E-state index < -0.39 is 6.03 Å². The van der Waals surface area contributed by atoms with E-state index in [-0.39, 0.29) is 17.9 Å². The summed E-state index contributed by atoms with van der Waals surface area (Å²) in [4.78, 5) is 32.0. The minimum atomic E-state index is -0.453. The number of primary amides is 1. The standard InChI is InChI=1S/C15H23N5O3/c1-2-12-17-13(18-23-12)11-6-4-8-20(11)14(21)10-5-3-7-19(9-10)15(16)22/h10-11H,2-9H2,1H3,(H2,16,22)/t10-,11+/m0/s1. The van der Waals surface area contributed by atoms with E-state index in [1.807, 2.05) is 11.8 Å². The lowest BCUT2D eigenvalue weighted by Crippen LogP contribution is -2.48. The second kappa shape index (κ2) is 6.55. The molecule has 1 aromatic rings. The number of aryl methyl sites for hydroxylation is 1. The maximum absolute atomic E-state index is 12.9. The third-order valence-corrected chi connectivity index (χ3v) is 4.70. The van der Waals surface area contributed by atoms with Crippen molar-refractivity contribution in [3.8, 4) is 0 Å². The molecule has 1 aromatic heterocycles.